The number of carbonyl (C=O) groups is 2. The summed E-state index contributed by atoms with van der Waals surface area (Å²) in [7, 11) is 0. The molecule has 0 saturated heterocycles. The van der Waals surface area contributed by atoms with Gasteiger partial charge in [-0.3, -0.25) is 4.79 Å². The Morgan fingerprint density at radius 3 is 2.58 bits per heavy atom. The fourth-order valence-electron chi connectivity index (χ4n) is 1.54. The third-order valence-electron chi connectivity index (χ3n) is 2.54. The molecule has 102 valence electrons. The van der Waals surface area contributed by atoms with Crippen LogP contribution in [0, 0.1) is 0 Å². The molecule has 1 aromatic rings. The van der Waals surface area contributed by atoms with Gasteiger partial charge in [-0.15, -0.1) is 0 Å². The minimum absolute atomic E-state index is 0.330. The molecule has 0 aliphatic heterocycles. The largest absolute Gasteiger partial charge is 0.480 e. The van der Waals surface area contributed by atoms with E-state index in [0.717, 1.165) is 5.56 Å². The second-order valence-electron chi connectivity index (χ2n) is 4.07. The highest BCUT2D eigenvalue weighted by molar-refractivity contribution is 5.94. The van der Waals surface area contributed by atoms with Gasteiger partial charge in [-0.25, -0.2) is 4.79 Å². The van der Waals surface area contributed by atoms with Gasteiger partial charge in [0, 0.05) is 6.08 Å². The lowest BCUT2D eigenvalue weighted by atomic mass is 10.1. The third kappa shape index (κ3) is 5.83. The van der Waals surface area contributed by atoms with Gasteiger partial charge in [0.1, 0.15) is 6.04 Å². The lowest BCUT2D eigenvalue weighted by molar-refractivity contribution is -0.141. The summed E-state index contributed by atoms with van der Waals surface area (Å²) in [5.74, 6) is -1.47. The molecule has 0 aromatic heterocycles. The number of nitrogens with one attached hydrogen (secondary N) is 1. The molecular weight excluding hydrogens is 244 g/mol. The minimum atomic E-state index is -1.05. The Kier molecular flexibility index (Phi) is 6.32. The number of carboxylic acids is 1. The van der Waals surface area contributed by atoms with Crippen LogP contribution in [0.1, 0.15) is 18.4 Å². The van der Waals surface area contributed by atoms with Crippen molar-refractivity contribution in [2.45, 2.75) is 18.9 Å². The molecule has 0 radical (unpaired) electrons. The Morgan fingerprint density at radius 1 is 1.32 bits per heavy atom. The quantitative estimate of drug-likeness (QED) is 0.639. The number of rotatable bonds is 7. The van der Waals surface area contributed by atoms with Gasteiger partial charge in [0.05, 0.1) is 0 Å². The summed E-state index contributed by atoms with van der Waals surface area (Å²) in [5, 5.41) is 11.4. The molecule has 0 saturated carbocycles. The molecule has 4 N–H and O–H groups in total. The zero-order valence-corrected chi connectivity index (χ0v) is 10.6. The van der Waals surface area contributed by atoms with Crippen LogP contribution in [-0.2, 0) is 9.59 Å². The molecule has 19 heavy (non-hydrogen) atoms. The van der Waals surface area contributed by atoms with Gasteiger partial charge in [-0.2, -0.15) is 0 Å². The van der Waals surface area contributed by atoms with Crippen LogP contribution in [-0.4, -0.2) is 29.6 Å². The standard InChI is InChI=1S/C14H18N2O3/c15-10-4-7-12(14(18)19)16-13(17)9-8-11-5-2-1-3-6-11/h1-3,5-6,8-9,12H,4,7,10,15H2,(H,16,17)(H,18,19). The van der Waals surface area contributed by atoms with E-state index in [4.69, 9.17) is 10.8 Å². The second kappa shape index (κ2) is 8.05. The van der Waals surface area contributed by atoms with E-state index < -0.39 is 17.9 Å². The molecule has 1 atom stereocenters. The maximum atomic E-state index is 11.6. The van der Waals surface area contributed by atoms with Crippen LogP contribution in [0.3, 0.4) is 0 Å². The van der Waals surface area contributed by atoms with Crippen molar-refractivity contribution < 1.29 is 14.7 Å². The Labute approximate surface area is 112 Å². The lowest BCUT2D eigenvalue weighted by Crippen LogP contribution is -2.40. The normalized spacial score (nSPS) is 12.3. The first-order valence-electron chi connectivity index (χ1n) is 6.10. The molecule has 0 aliphatic rings. The molecule has 1 rings (SSSR count). The van der Waals surface area contributed by atoms with Crippen LogP contribution in [0.5, 0.6) is 0 Å². The fraction of sp³-hybridized carbons (Fsp3) is 0.286. The predicted molar refractivity (Wildman–Crippen MR) is 73.3 cm³/mol. The molecule has 0 bridgehead atoms. The molecular formula is C14H18N2O3. The van der Waals surface area contributed by atoms with Crippen LogP contribution >= 0.6 is 0 Å². The monoisotopic (exact) mass is 262 g/mol. The van der Waals surface area contributed by atoms with Crippen molar-refractivity contribution in [1.29, 1.82) is 0 Å². The summed E-state index contributed by atoms with van der Waals surface area (Å²) in [6.07, 6.45) is 3.85. The maximum Gasteiger partial charge on any atom is 0.326 e. The summed E-state index contributed by atoms with van der Waals surface area (Å²) in [6.45, 7) is 0.402. The summed E-state index contributed by atoms with van der Waals surface area (Å²) in [4.78, 5) is 22.5. The van der Waals surface area contributed by atoms with Crippen LogP contribution in [0.25, 0.3) is 6.08 Å². The first-order chi connectivity index (χ1) is 9.13. The minimum Gasteiger partial charge on any atom is -0.480 e. The highest BCUT2D eigenvalue weighted by Gasteiger charge is 2.17. The summed E-state index contributed by atoms with van der Waals surface area (Å²) < 4.78 is 0. The molecule has 1 amide bonds. The first-order valence-corrected chi connectivity index (χ1v) is 6.10. The van der Waals surface area contributed by atoms with Crippen LogP contribution in [0.2, 0.25) is 0 Å². The highest BCUT2D eigenvalue weighted by atomic mass is 16.4. The third-order valence-corrected chi connectivity index (χ3v) is 2.54. The van der Waals surface area contributed by atoms with Gasteiger partial charge in [-0.1, -0.05) is 30.3 Å². The molecule has 1 unspecified atom stereocenters. The Hall–Kier alpha value is -2.14. The number of benzene rings is 1. The van der Waals surface area contributed by atoms with E-state index in [9.17, 15) is 9.59 Å². The predicted octanol–water partition coefficient (Wildman–Crippen LogP) is 1.01. The van der Waals surface area contributed by atoms with Gasteiger partial charge in [0.2, 0.25) is 5.91 Å². The smallest absolute Gasteiger partial charge is 0.326 e. The molecule has 0 heterocycles. The molecule has 0 spiro atoms. The number of amides is 1. The van der Waals surface area contributed by atoms with E-state index in [1.165, 1.54) is 6.08 Å². The van der Waals surface area contributed by atoms with E-state index >= 15 is 0 Å². The SMILES string of the molecule is NCCCC(NC(=O)C=Cc1ccccc1)C(=O)O. The number of hydrogen-bond acceptors (Lipinski definition) is 3. The molecule has 0 fully saturated rings. The topological polar surface area (TPSA) is 92.4 Å². The Bertz CT molecular complexity index is 443. The highest BCUT2D eigenvalue weighted by Crippen LogP contribution is 2.01. The van der Waals surface area contributed by atoms with Crippen molar-refractivity contribution in [2.75, 3.05) is 6.54 Å². The number of nitrogens with two attached hydrogens (primary N) is 1. The molecule has 0 aliphatic carbocycles. The van der Waals surface area contributed by atoms with Gasteiger partial charge in [-0.05, 0) is 31.0 Å². The maximum absolute atomic E-state index is 11.6. The fourth-order valence-corrected chi connectivity index (χ4v) is 1.54. The summed E-state index contributed by atoms with van der Waals surface area (Å²) in [5.41, 5.74) is 6.20. The van der Waals surface area contributed by atoms with Gasteiger partial charge < -0.3 is 16.2 Å². The van der Waals surface area contributed by atoms with Crippen molar-refractivity contribution in [3.8, 4) is 0 Å². The van der Waals surface area contributed by atoms with Gasteiger partial charge in [0.15, 0.2) is 0 Å². The van der Waals surface area contributed by atoms with Crippen LogP contribution < -0.4 is 11.1 Å². The Balaban J connectivity index is 2.53. The average molecular weight is 262 g/mol. The van der Waals surface area contributed by atoms with Crippen molar-refractivity contribution in [3.63, 3.8) is 0 Å². The van der Waals surface area contributed by atoms with Crippen molar-refractivity contribution in [3.05, 3.63) is 42.0 Å². The molecule has 5 nitrogen and oxygen atoms in total. The number of aliphatic carboxylic acids is 1. The number of hydrogen-bond donors (Lipinski definition) is 3. The van der Waals surface area contributed by atoms with Crippen molar-refractivity contribution in [2.24, 2.45) is 5.73 Å². The molecule has 1 aromatic carbocycles. The number of carboxylic acid groups (broad SMARTS) is 1. The van der Waals surface area contributed by atoms with Gasteiger partial charge in [0.25, 0.3) is 0 Å². The number of carbonyl (C=O) groups excluding carboxylic acids is 1. The van der Waals surface area contributed by atoms with Crippen molar-refractivity contribution in [1.82, 2.24) is 5.32 Å². The van der Waals surface area contributed by atoms with Crippen LogP contribution in [0.4, 0.5) is 0 Å². The zero-order valence-electron chi connectivity index (χ0n) is 10.6. The molecule has 5 heteroatoms. The Morgan fingerprint density at radius 2 is 2.00 bits per heavy atom. The van der Waals surface area contributed by atoms with E-state index in [-0.39, 0.29) is 0 Å². The second-order valence-corrected chi connectivity index (χ2v) is 4.07. The average Bonchev–Trinajstić information content (AvgIpc) is 2.42. The van der Waals surface area contributed by atoms with Crippen LogP contribution in [0.15, 0.2) is 36.4 Å². The van der Waals surface area contributed by atoms with Gasteiger partial charge >= 0.3 is 5.97 Å². The summed E-state index contributed by atoms with van der Waals surface area (Å²) in [6, 6.07) is 8.42. The van der Waals surface area contributed by atoms with E-state index in [0.29, 0.717) is 19.4 Å². The zero-order chi connectivity index (χ0) is 14.1. The summed E-state index contributed by atoms with van der Waals surface area (Å²) >= 11 is 0. The van der Waals surface area contributed by atoms with Crippen molar-refractivity contribution >= 4 is 18.0 Å². The lowest BCUT2D eigenvalue weighted by Gasteiger charge is -2.12. The van der Waals surface area contributed by atoms with E-state index in [2.05, 4.69) is 5.32 Å². The van der Waals surface area contributed by atoms with E-state index in [1.54, 1.807) is 6.08 Å². The van der Waals surface area contributed by atoms with E-state index in [1.807, 2.05) is 30.3 Å². The first kappa shape index (κ1) is 14.9.